The largest absolute Gasteiger partial charge is 0.310 e. The third-order valence-electron chi connectivity index (χ3n) is 4.50. The Kier molecular flexibility index (Phi) is 6.12. The summed E-state index contributed by atoms with van der Waals surface area (Å²) < 4.78 is 26.2. The van der Waals surface area contributed by atoms with Crippen LogP contribution in [0.3, 0.4) is 0 Å². The fraction of sp³-hybridized carbons (Fsp3) is 0.333. The molecule has 2 N–H and O–H groups in total. The highest BCUT2D eigenvalue weighted by Gasteiger charge is 2.23. The van der Waals surface area contributed by atoms with Crippen LogP contribution < -0.4 is 10.9 Å². The van der Waals surface area contributed by atoms with Gasteiger partial charge in [-0.15, -0.1) is 0 Å². The van der Waals surface area contributed by atoms with Gasteiger partial charge in [-0.1, -0.05) is 39.0 Å². The number of aryl methyl sites for hydroxylation is 1. The Hall–Kier alpha value is -3.27. The van der Waals surface area contributed by atoms with E-state index in [0.29, 0.717) is 17.2 Å². The van der Waals surface area contributed by atoms with Crippen molar-refractivity contribution in [3.05, 3.63) is 64.2 Å². The lowest BCUT2D eigenvalue weighted by Gasteiger charge is -2.13. The number of nitrogens with one attached hydrogen (secondary N) is 2. The lowest BCUT2D eigenvalue weighted by molar-refractivity contribution is -0.115. The molecule has 0 aliphatic rings. The highest BCUT2D eigenvalue weighted by atomic mass is 32.2. The summed E-state index contributed by atoms with van der Waals surface area (Å²) in [5.74, 6) is -0.368. The molecule has 1 aromatic carbocycles. The number of amides is 1. The van der Waals surface area contributed by atoms with Crippen LogP contribution in [0.1, 0.15) is 38.6 Å². The van der Waals surface area contributed by atoms with E-state index in [0.717, 1.165) is 0 Å². The van der Waals surface area contributed by atoms with Crippen LogP contribution in [0.15, 0.2) is 52.2 Å². The molecule has 0 aliphatic heterocycles. The van der Waals surface area contributed by atoms with Gasteiger partial charge < -0.3 is 5.32 Å². The highest BCUT2D eigenvalue weighted by molar-refractivity contribution is 7.91. The molecule has 2 heterocycles. The van der Waals surface area contributed by atoms with Crippen LogP contribution in [0.5, 0.6) is 0 Å². The maximum absolute atomic E-state index is 12.6. The Morgan fingerprint density at radius 1 is 1.16 bits per heavy atom. The van der Waals surface area contributed by atoms with Crippen molar-refractivity contribution in [2.24, 2.45) is 0 Å². The molecule has 10 heteroatoms. The molecule has 9 nitrogen and oxygen atoms in total. The highest BCUT2D eigenvalue weighted by Crippen LogP contribution is 2.25. The van der Waals surface area contributed by atoms with Gasteiger partial charge in [0.1, 0.15) is 5.82 Å². The van der Waals surface area contributed by atoms with Gasteiger partial charge in [0, 0.05) is 29.7 Å². The third kappa shape index (κ3) is 5.46. The maximum Gasteiger partial charge on any atom is 0.252 e. The summed E-state index contributed by atoms with van der Waals surface area (Å²) in [5.41, 5.74) is 0.495. The first-order valence-corrected chi connectivity index (χ1v) is 11.4. The molecule has 0 atom stereocenters. The molecule has 0 saturated carbocycles. The van der Waals surface area contributed by atoms with Crippen molar-refractivity contribution in [2.45, 2.75) is 44.4 Å². The summed E-state index contributed by atoms with van der Waals surface area (Å²) in [4.78, 5) is 31.5. The van der Waals surface area contributed by atoms with Crippen LogP contribution in [0.2, 0.25) is 0 Å². The van der Waals surface area contributed by atoms with Crippen molar-refractivity contribution in [1.29, 1.82) is 0 Å². The topological polar surface area (TPSA) is 127 Å². The van der Waals surface area contributed by atoms with E-state index in [1.54, 1.807) is 31.2 Å². The van der Waals surface area contributed by atoms with Crippen molar-refractivity contribution in [3.8, 4) is 5.95 Å². The van der Waals surface area contributed by atoms with Gasteiger partial charge in [-0.05, 0) is 19.1 Å². The quantitative estimate of drug-likeness (QED) is 0.602. The zero-order chi connectivity index (χ0) is 22.8. The van der Waals surface area contributed by atoms with Crippen LogP contribution in [0.25, 0.3) is 5.95 Å². The summed E-state index contributed by atoms with van der Waals surface area (Å²) in [6.07, 6.45) is -0.231. The van der Waals surface area contributed by atoms with Gasteiger partial charge in [-0.25, -0.2) is 13.4 Å². The Morgan fingerprint density at radius 2 is 1.84 bits per heavy atom. The smallest absolute Gasteiger partial charge is 0.252 e. The average molecular weight is 444 g/mol. The van der Waals surface area contributed by atoms with Crippen molar-refractivity contribution in [2.75, 3.05) is 11.1 Å². The molecule has 3 aromatic rings. The van der Waals surface area contributed by atoms with Crippen LogP contribution in [-0.2, 0) is 20.0 Å². The van der Waals surface area contributed by atoms with E-state index >= 15 is 0 Å². The number of anilines is 1. The molecule has 0 radical (unpaired) electrons. The zero-order valence-electron chi connectivity index (χ0n) is 17.8. The van der Waals surface area contributed by atoms with Crippen LogP contribution in [-0.4, -0.2) is 39.8 Å². The molecule has 0 bridgehead atoms. The molecule has 2 aromatic heterocycles. The minimum Gasteiger partial charge on any atom is -0.310 e. The van der Waals surface area contributed by atoms with E-state index < -0.39 is 15.7 Å². The molecule has 0 saturated heterocycles. The number of sulfone groups is 1. The number of hydrogen-bond donors (Lipinski definition) is 2. The monoisotopic (exact) mass is 443 g/mol. The van der Waals surface area contributed by atoms with Gasteiger partial charge in [-0.3, -0.25) is 14.6 Å². The zero-order valence-corrected chi connectivity index (χ0v) is 18.7. The molecule has 0 aliphatic carbocycles. The number of rotatable bonds is 6. The number of nitrogens with zero attached hydrogens (tertiary/aromatic N) is 3. The Bertz CT molecular complexity index is 1250. The standard InChI is InChI=1S/C21H25N5O4S/c1-14-12-19(28)24-20(22-14)26-17(13-16(25-26)21(2,3)4)23-18(27)10-11-31(29,30)15-8-6-5-7-9-15/h5-9,12-13H,10-11H2,1-4H3,(H,23,27)(H,22,24,28). The van der Waals surface area contributed by atoms with Gasteiger partial charge >= 0.3 is 0 Å². The molecule has 164 valence electrons. The van der Waals surface area contributed by atoms with Crippen molar-refractivity contribution < 1.29 is 13.2 Å². The molecular formula is C21H25N5O4S. The molecule has 3 rings (SSSR count). The normalized spacial score (nSPS) is 12.0. The summed E-state index contributed by atoms with van der Waals surface area (Å²) in [6.45, 7) is 7.57. The number of hydrogen-bond acceptors (Lipinski definition) is 6. The third-order valence-corrected chi connectivity index (χ3v) is 6.24. The number of aromatic nitrogens is 4. The summed E-state index contributed by atoms with van der Waals surface area (Å²) >= 11 is 0. The van der Waals surface area contributed by atoms with Gasteiger partial charge in [0.05, 0.1) is 16.3 Å². The molecule has 31 heavy (non-hydrogen) atoms. The summed E-state index contributed by atoms with van der Waals surface area (Å²) in [6, 6.07) is 11.0. The number of benzene rings is 1. The number of aromatic amines is 1. The first-order chi connectivity index (χ1) is 14.5. The van der Waals surface area contributed by atoms with E-state index in [4.69, 9.17) is 0 Å². The second-order valence-corrected chi connectivity index (χ2v) is 10.3. The van der Waals surface area contributed by atoms with Crippen molar-refractivity contribution in [1.82, 2.24) is 19.7 Å². The fourth-order valence-corrected chi connectivity index (χ4v) is 4.10. The second kappa shape index (κ2) is 8.46. The van der Waals surface area contributed by atoms with E-state index in [9.17, 15) is 18.0 Å². The predicted molar refractivity (Wildman–Crippen MR) is 117 cm³/mol. The van der Waals surface area contributed by atoms with Gasteiger partial charge in [0.15, 0.2) is 9.84 Å². The minimum atomic E-state index is -3.58. The molecule has 0 fully saturated rings. The Morgan fingerprint density at radius 3 is 2.45 bits per heavy atom. The molecule has 0 unspecified atom stereocenters. The van der Waals surface area contributed by atoms with Crippen molar-refractivity contribution in [3.63, 3.8) is 0 Å². The summed E-state index contributed by atoms with van der Waals surface area (Å²) in [7, 11) is -3.58. The molecular weight excluding hydrogens is 418 g/mol. The summed E-state index contributed by atoms with van der Waals surface area (Å²) in [5, 5.41) is 7.19. The molecule has 1 amide bonds. The Balaban J connectivity index is 1.85. The van der Waals surface area contributed by atoms with E-state index in [1.165, 1.54) is 22.9 Å². The van der Waals surface area contributed by atoms with E-state index in [1.807, 2.05) is 20.8 Å². The molecule has 0 spiro atoms. The number of carbonyl (C=O) groups excluding carboxylic acids is 1. The average Bonchev–Trinajstić information content (AvgIpc) is 3.11. The number of carbonyl (C=O) groups is 1. The Labute approximate surface area is 180 Å². The van der Waals surface area contributed by atoms with E-state index in [2.05, 4.69) is 20.4 Å². The fourth-order valence-electron chi connectivity index (χ4n) is 2.84. The maximum atomic E-state index is 12.6. The predicted octanol–water partition coefficient (Wildman–Crippen LogP) is 2.36. The first-order valence-electron chi connectivity index (χ1n) is 9.72. The van der Waals surface area contributed by atoms with Gasteiger partial charge in [0.2, 0.25) is 11.9 Å². The first kappa shape index (κ1) is 22.4. The van der Waals surface area contributed by atoms with Crippen LogP contribution in [0.4, 0.5) is 5.82 Å². The number of H-pyrrole nitrogens is 1. The lowest BCUT2D eigenvalue weighted by Crippen LogP contribution is -2.21. The van der Waals surface area contributed by atoms with Crippen molar-refractivity contribution >= 4 is 21.6 Å². The second-order valence-electron chi connectivity index (χ2n) is 8.22. The lowest BCUT2D eigenvalue weighted by atomic mass is 9.92. The van der Waals surface area contributed by atoms with Gasteiger partial charge in [-0.2, -0.15) is 9.78 Å². The minimum absolute atomic E-state index is 0.160. The van der Waals surface area contributed by atoms with Gasteiger partial charge in [0.25, 0.3) is 5.56 Å². The van der Waals surface area contributed by atoms with Crippen LogP contribution in [0, 0.1) is 6.92 Å². The van der Waals surface area contributed by atoms with E-state index in [-0.39, 0.29) is 34.0 Å². The van der Waals surface area contributed by atoms with Crippen LogP contribution >= 0.6 is 0 Å². The SMILES string of the molecule is Cc1cc(=O)[nH]c(-n2nc(C(C)(C)C)cc2NC(=O)CCS(=O)(=O)c2ccccc2)n1.